The molecular weight excluding hydrogens is 332 g/mol. The maximum absolute atomic E-state index is 12.6. The number of nitrogens with two attached hydrogens (primary N) is 1. The summed E-state index contributed by atoms with van der Waals surface area (Å²) in [6.45, 7) is 8.41. The summed E-state index contributed by atoms with van der Waals surface area (Å²) >= 11 is 1.12. The van der Waals surface area contributed by atoms with Crippen LogP contribution in [0, 0.1) is 0 Å². The Morgan fingerprint density at radius 3 is 2.62 bits per heavy atom. The number of esters is 1. The van der Waals surface area contributed by atoms with Crippen molar-refractivity contribution in [3.05, 3.63) is 10.9 Å². The zero-order chi connectivity index (χ0) is 17.9. The van der Waals surface area contributed by atoms with Gasteiger partial charge in [-0.3, -0.25) is 4.90 Å². The van der Waals surface area contributed by atoms with Crippen LogP contribution in [-0.2, 0) is 14.2 Å². The van der Waals surface area contributed by atoms with Crippen molar-refractivity contribution in [2.45, 2.75) is 45.8 Å². The lowest BCUT2D eigenvalue weighted by Crippen LogP contribution is -2.45. The van der Waals surface area contributed by atoms with Gasteiger partial charge in [0.15, 0.2) is 0 Å². The van der Waals surface area contributed by atoms with Gasteiger partial charge in [-0.1, -0.05) is 0 Å². The maximum Gasteiger partial charge on any atom is 0.415 e. The lowest BCUT2D eigenvalue weighted by molar-refractivity contribution is -0.0452. The second-order valence-corrected chi connectivity index (χ2v) is 7.49. The minimum absolute atomic E-state index is 0.0509. The van der Waals surface area contributed by atoms with Crippen LogP contribution in [0.3, 0.4) is 0 Å². The van der Waals surface area contributed by atoms with Crippen LogP contribution < -0.4 is 10.6 Å². The molecular formula is C16H24N2O5S. The monoisotopic (exact) mass is 356 g/mol. The summed E-state index contributed by atoms with van der Waals surface area (Å²) in [6, 6.07) is 1.52. The number of hydrogen-bond donors (Lipinski definition) is 1. The highest BCUT2D eigenvalue weighted by molar-refractivity contribution is 7.18. The quantitative estimate of drug-likeness (QED) is 0.816. The van der Waals surface area contributed by atoms with Crippen LogP contribution in [0.4, 0.5) is 15.5 Å². The molecule has 1 aromatic rings. The SMILES string of the molecule is CCOC(=O)c1cc(N)c(N(CC2CCO2)C(=O)OC(C)(C)C)s1. The Morgan fingerprint density at radius 1 is 1.46 bits per heavy atom. The third kappa shape index (κ3) is 4.61. The fraction of sp³-hybridized carbons (Fsp3) is 0.625. The Kier molecular flexibility index (Phi) is 5.71. The molecule has 134 valence electrons. The zero-order valence-electron chi connectivity index (χ0n) is 14.5. The Bertz CT molecular complexity index is 604. The molecule has 0 saturated carbocycles. The molecule has 2 N–H and O–H groups in total. The smallest absolute Gasteiger partial charge is 0.415 e. The molecule has 8 heteroatoms. The fourth-order valence-electron chi connectivity index (χ4n) is 2.10. The van der Waals surface area contributed by atoms with E-state index < -0.39 is 17.7 Å². The first kappa shape index (κ1) is 18.5. The normalized spacial score (nSPS) is 17.1. The number of carbonyl (C=O) groups excluding carboxylic acids is 2. The average molecular weight is 356 g/mol. The molecule has 7 nitrogen and oxygen atoms in total. The van der Waals surface area contributed by atoms with Gasteiger partial charge in [-0.25, -0.2) is 9.59 Å². The molecule has 0 aliphatic carbocycles. The van der Waals surface area contributed by atoms with Crippen molar-refractivity contribution in [2.24, 2.45) is 0 Å². The van der Waals surface area contributed by atoms with E-state index in [-0.39, 0.29) is 12.7 Å². The fourth-order valence-corrected chi connectivity index (χ4v) is 3.07. The highest BCUT2D eigenvalue weighted by Gasteiger charge is 2.31. The van der Waals surface area contributed by atoms with Gasteiger partial charge in [0, 0.05) is 6.61 Å². The molecule has 2 heterocycles. The van der Waals surface area contributed by atoms with Crippen LogP contribution in [0.15, 0.2) is 6.07 Å². The molecule has 0 aromatic carbocycles. The van der Waals surface area contributed by atoms with E-state index in [1.807, 2.05) is 0 Å². The van der Waals surface area contributed by atoms with Crippen molar-refractivity contribution in [3.63, 3.8) is 0 Å². The van der Waals surface area contributed by atoms with Gasteiger partial charge in [-0.15, -0.1) is 11.3 Å². The van der Waals surface area contributed by atoms with Gasteiger partial charge < -0.3 is 19.9 Å². The number of rotatable bonds is 5. The Balaban J connectivity index is 2.25. The lowest BCUT2D eigenvalue weighted by Gasteiger charge is -2.33. The third-order valence-electron chi connectivity index (χ3n) is 3.26. The first-order valence-corrected chi connectivity index (χ1v) is 8.71. The van der Waals surface area contributed by atoms with E-state index >= 15 is 0 Å². The molecule has 2 rings (SSSR count). The number of ether oxygens (including phenoxy) is 3. The Hall–Kier alpha value is -1.80. The summed E-state index contributed by atoms with van der Waals surface area (Å²) < 4.78 is 15.9. The van der Waals surface area contributed by atoms with Crippen LogP contribution >= 0.6 is 11.3 Å². The molecule has 1 amide bonds. The van der Waals surface area contributed by atoms with E-state index in [4.69, 9.17) is 19.9 Å². The predicted molar refractivity (Wildman–Crippen MR) is 92.6 cm³/mol. The first-order valence-electron chi connectivity index (χ1n) is 7.89. The van der Waals surface area contributed by atoms with E-state index in [9.17, 15) is 9.59 Å². The van der Waals surface area contributed by atoms with Crippen molar-refractivity contribution in [2.75, 3.05) is 30.4 Å². The van der Waals surface area contributed by atoms with Crippen LogP contribution in [-0.4, -0.2) is 43.5 Å². The topological polar surface area (TPSA) is 91.1 Å². The number of nitrogens with zero attached hydrogens (tertiary/aromatic N) is 1. The van der Waals surface area contributed by atoms with Gasteiger partial charge in [0.25, 0.3) is 0 Å². The van der Waals surface area contributed by atoms with E-state index in [1.54, 1.807) is 27.7 Å². The number of nitrogen functional groups attached to an aromatic ring is 1. The second kappa shape index (κ2) is 7.40. The van der Waals surface area contributed by atoms with Crippen LogP contribution in [0.2, 0.25) is 0 Å². The van der Waals surface area contributed by atoms with Crippen LogP contribution in [0.5, 0.6) is 0 Å². The van der Waals surface area contributed by atoms with E-state index in [2.05, 4.69) is 0 Å². The summed E-state index contributed by atoms with van der Waals surface area (Å²) in [6.07, 6.45) is 0.307. The summed E-state index contributed by atoms with van der Waals surface area (Å²) in [5.74, 6) is -0.454. The lowest BCUT2D eigenvalue weighted by atomic mass is 10.2. The van der Waals surface area contributed by atoms with E-state index in [1.165, 1.54) is 11.0 Å². The molecule has 1 atom stereocenters. The molecule has 0 radical (unpaired) electrons. The largest absolute Gasteiger partial charge is 0.462 e. The Morgan fingerprint density at radius 2 is 2.12 bits per heavy atom. The summed E-state index contributed by atoms with van der Waals surface area (Å²) in [4.78, 5) is 26.3. The average Bonchev–Trinajstić information content (AvgIpc) is 2.78. The minimum atomic E-state index is -0.633. The number of anilines is 2. The van der Waals surface area contributed by atoms with E-state index in [0.29, 0.717) is 28.7 Å². The van der Waals surface area contributed by atoms with Gasteiger partial charge in [0.2, 0.25) is 0 Å². The molecule has 1 aromatic heterocycles. The van der Waals surface area contributed by atoms with Crippen molar-refractivity contribution in [1.29, 1.82) is 0 Å². The molecule has 1 unspecified atom stereocenters. The number of amides is 1. The van der Waals surface area contributed by atoms with Gasteiger partial charge >= 0.3 is 12.1 Å². The molecule has 0 bridgehead atoms. The highest BCUT2D eigenvalue weighted by atomic mass is 32.1. The van der Waals surface area contributed by atoms with Gasteiger partial charge in [0.05, 0.1) is 24.9 Å². The summed E-state index contributed by atoms with van der Waals surface area (Å²) in [5.41, 5.74) is 5.73. The molecule has 0 spiro atoms. The number of thiophene rings is 1. The first-order chi connectivity index (χ1) is 11.2. The van der Waals surface area contributed by atoms with Crippen molar-refractivity contribution in [1.82, 2.24) is 0 Å². The van der Waals surface area contributed by atoms with E-state index in [0.717, 1.165) is 17.8 Å². The molecule has 1 fully saturated rings. The molecule has 1 saturated heterocycles. The maximum atomic E-state index is 12.6. The van der Waals surface area contributed by atoms with Crippen molar-refractivity contribution in [3.8, 4) is 0 Å². The zero-order valence-corrected chi connectivity index (χ0v) is 15.3. The standard InChI is InChI=1S/C16H24N2O5S/c1-5-21-14(19)12-8-11(17)13(24-12)18(9-10-6-7-22-10)15(20)23-16(2,3)4/h8,10H,5-7,9,17H2,1-4H3. The number of hydrogen-bond acceptors (Lipinski definition) is 7. The summed E-state index contributed by atoms with van der Waals surface area (Å²) in [5, 5.41) is 0.475. The van der Waals surface area contributed by atoms with Gasteiger partial charge in [-0.2, -0.15) is 0 Å². The van der Waals surface area contributed by atoms with Crippen molar-refractivity contribution >= 4 is 34.1 Å². The summed E-state index contributed by atoms with van der Waals surface area (Å²) in [7, 11) is 0. The molecule has 24 heavy (non-hydrogen) atoms. The highest BCUT2D eigenvalue weighted by Crippen LogP contribution is 2.36. The third-order valence-corrected chi connectivity index (χ3v) is 4.41. The van der Waals surface area contributed by atoms with Crippen LogP contribution in [0.1, 0.15) is 43.8 Å². The Labute approximate surface area is 145 Å². The minimum Gasteiger partial charge on any atom is -0.462 e. The second-order valence-electron chi connectivity index (χ2n) is 6.46. The molecule has 1 aliphatic rings. The molecule has 1 aliphatic heterocycles. The number of carbonyl (C=O) groups is 2. The predicted octanol–water partition coefficient (Wildman–Crippen LogP) is 3.04. The van der Waals surface area contributed by atoms with Crippen LogP contribution in [0.25, 0.3) is 0 Å². The van der Waals surface area contributed by atoms with Gasteiger partial charge in [-0.05, 0) is 40.2 Å². The van der Waals surface area contributed by atoms with Crippen molar-refractivity contribution < 1.29 is 23.8 Å². The van der Waals surface area contributed by atoms with Gasteiger partial charge in [0.1, 0.15) is 15.5 Å².